The Kier molecular flexibility index (Phi) is 8.81. The van der Waals surface area contributed by atoms with E-state index in [1.165, 1.54) is 32.2 Å². The number of hydrogen-bond acceptors (Lipinski definition) is 8. The van der Waals surface area contributed by atoms with Crippen molar-refractivity contribution in [1.82, 2.24) is 20.2 Å². The first kappa shape index (κ1) is 26.2. The molecule has 0 spiro atoms. The minimum atomic E-state index is -0.299. The molecule has 4 rings (SSSR count). The summed E-state index contributed by atoms with van der Waals surface area (Å²) < 4.78 is 19.0. The zero-order valence-electron chi connectivity index (χ0n) is 20.3. The highest BCUT2D eigenvalue weighted by Crippen LogP contribution is 2.39. The predicted molar refractivity (Wildman–Crippen MR) is 147 cm³/mol. The number of amides is 1. The van der Waals surface area contributed by atoms with E-state index in [9.17, 15) is 4.79 Å². The predicted octanol–water partition coefficient (Wildman–Crippen LogP) is 4.97. The second-order valence-corrected chi connectivity index (χ2v) is 9.35. The van der Waals surface area contributed by atoms with E-state index in [0.717, 1.165) is 15.7 Å². The van der Waals surface area contributed by atoms with Crippen LogP contribution in [0.4, 0.5) is 0 Å². The standard InChI is InChI=1S/C26H24BrN5O4S/c1-34-21-14-9-18(23(35-2)24(21)36-3)15-28-29-22(33)16-37-26-31-30-25(17-7-5-4-6-8-17)32(26)20-12-10-19(27)11-13-20/h4-15H,16H2,1-3H3,(H,29,33). The van der Waals surface area contributed by atoms with E-state index >= 15 is 0 Å². The van der Waals surface area contributed by atoms with E-state index in [-0.39, 0.29) is 11.7 Å². The largest absolute Gasteiger partial charge is 0.493 e. The van der Waals surface area contributed by atoms with Crippen LogP contribution in [0.25, 0.3) is 17.1 Å². The van der Waals surface area contributed by atoms with Gasteiger partial charge < -0.3 is 14.2 Å². The molecule has 0 saturated carbocycles. The maximum Gasteiger partial charge on any atom is 0.250 e. The quantitative estimate of drug-likeness (QED) is 0.160. The fraction of sp³-hybridized carbons (Fsp3) is 0.154. The average molecular weight is 582 g/mol. The van der Waals surface area contributed by atoms with Crippen LogP contribution in [-0.2, 0) is 4.79 Å². The molecule has 4 aromatic rings. The normalized spacial score (nSPS) is 10.9. The molecule has 0 bridgehead atoms. The zero-order valence-corrected chi connectivity index (χ0v) is 22.7. The molecule has 0 radical (unpaired) electrons. The van der Waals surface area contributed by atoms with Crippen LogP contribution in [0.5, 0.6) is 17.2 Å². The summed E-state index contributed by atoms with van der Waals surface area (Å²) in [5, 5.41) is 13.4. The Balaban J connectivity index is 1.49. The minimum absolute atomic E-state index is 0.0872. The summed E-state index contributed by atoms with van der Waals surface area (Å²) in [6.07, 6.45) is 1.49. The molecule has 0 aliphatic rings. The van der Waals surface area contributed by atoms with Crippen molar-refractivity contribution in [3.05, 3.63) is 76.8 Å². The Morgan fingerprint density at radius 1 is 0.973 bits per heavy atom. The minimum Gasteiger partial charge on any atom is -0.493 e. The van der Waals surface area contributed by atoms with E-state index < -0.39 is 0 Å². The average Bonchev–Trinajstić information content (AvgIpc) is 3.36. The van der Waals surface area contributed by atoms with Gasteiger partial charge in [0.2, 0.25) is 5.75 Å². The van der Waals surface area contributed by atoms with Crippen molar-refractivity contribution >= 4 is 39.8 Å². The van der Waals surface area contributed by atoms with Gasteiger partial charge in [0, 0.05) is 21.3 Å². The highest BCUT2D eigenvalue weighted by atomic mass is 79.9. The molecule has 0 atom stereocenters. The van der Waals surface area contributed by atoms with Crippen LogP contribution in [0.3, 0.4) is 0 Å². The van der Waals surface area contributed by atoms with Gasteiger partial charge in [-0.15, -0.1) is 10.2 Å². The Morgan fingerprint density at radius 2 is 1.70 bits per heavy atom. The third-order valence-corrected chi connectivity index (χ3v) is 6.67. The molecular weight excluding hydrogens is 558 g/mol. The molecule has 0 fully saturated rings. The van der Waals surface area contributed by atoms with Crippen molar-refractivity contribution in [1.29, 1.82) is 0 Å². The van der Waals surface area contributed by atoms with Crippen LogP contribution in [0.1, 0.15) is 5.56 Å². The monoisotopic (exact) mass is 581 g/mol. The number of nitrogens with one attached hydrogen (secondary N) is 1. The molecule has 0 unspecified atom stereocenters. The molecular formula is C26H24BrN5O4S. The number of rotatable bonds is 10. The van der Waals surface area contributed by atoms with E-state index in [2.05, 4.69) is 36.7 Å². The first-order valence-electron chi connectivity index (χ1n) is 11.1. The Hall–Kier alpha value is -3.83. The second-order valence-electron chi connectivity index (χ2n) is 7.49. The van der Waals surface area contributed by atoms with E-state index in [1.807, 2.05) is 59.2 Å². The molecule has 37 heavy (non-hydrogen) atoms. The summed E-state index contributed by atoms with van der Waals surface area (Å²) in [6.45, 7) is 0. The molecule has 0 saturated heterocycles. The SMILES string of the molecule is COc1ccc(C=NNC(=O)CSc2nnc(-c3ccccc3)n2-c2ccc(Br)cc2)c(OC)c1OC. The lowest BCUT2D eigenvalue weighted by molar-refractivity contribution is -0.118. The third-order valence-electron chi connectivity index (χ3n) is 5.21. The molecule has 0 aliphatic heterocycles. The molecule has 3 aromatic carbocycles. The van der Waals surface area contributed by atoms with Crippen LogP contribution in [0.2, 0.25) is 0 Å². The van der Waals surface area contributed by atoms with Gasteiger partial charge in [0.15, 0.2) is 22.5 Å². The second kappa shape index (κ2) is 12.4. The summed E-state index contributed by atoms with van der Waals surface area (Å²) in [5.74, 6) is 1.89. The lowest BCUT2D eigenvalue weighted by atomic mass is 10.2. The van der Waals surface area contributed by atoms with E-state index in [1.54, 1.807) is 19.2 Å². The van der Waals surface area contributed by atoms with Gasteiger partial charge in [-0.25, -0.2) is 5.43 Å². The van der Waals surface area contributed by atoms with Gasteiger partial charge in [-0.3, -0.25) is 9.36 Å². The van der Waals surface area contributed by atoms with E-state index in [0.29, 0.717) is 33.8 Å². The Bertz CT molecular complexity index is 1390. The molecule has 1 aromatic heterocycles. The van der Waals surface area contributed by atoms with Gasteiger partial charge in [-0.05, 0) is 36.4 Å². The highest BCUT2D eigenvalue weighted by Gasteiger charge is 2.18. The van der Waals surface area contributed by atoms with Crippen molar-refractivity contribution < 1.29 is 19.0 Å². The maximum atomic E-state index is 12.6. The number of nitrogens with zero attached hydrogens (tertiary/aromatic N) is 4. The smallest absolute Gasteiger partial charge is 0.250 e. The Morgan fingerprint density at radius 3 is 2.38 bits per heavy atom. The first-order chi connectivity index (χ1) is 18.0. The Labute approximate surface area is 227 Å². The van der Waals surface area contributed by atoms with Crippen molar-refractivity contribution in [3.63, 3.8) is 0 Å². The number of hydrazone groups is 1. The van der Waals surface area contributed by atoms with Crippen molar-refractivity contribution in [2.75, 3.05) is 27.1 Å². The summed E-state index contributed by atoms with van der Waals surface area (Å²) in [6, 6.07) is 21.1. The summed E-state index contributed by atoms with van der Waals surface area (Å²) >= 11 is 4.74. The van der Waals surface area contributed by atoms with Crippen LogP contribution in [0.15, 0.2) is 81.5 Å². The van der Waals surface area contributed by atoms with Gasteiger partial charge in [-0.1, -0.05) is 58.0 Å². The first-order valence-corrected chi connectivity index (χ1v) is 12.8. The molecule has 9 nitrogen and oxygen atoms in total. The number of methoxy groups -OCH3 is 3. The number of hydrogen-bond donors (Lipinski definition) is 1. The number of carbonyl (C=O) groups is 1. The maximum absolute atomic E-state index is 12.6. The van der Waals surface area contributed by atoms with Crippen molar-refractivity contribution in [2.45, 2.75) is 5.16 Å². The number of ether oxygens (including phenoxy) is 3. The molecule has 1 heterocycles. The molecule has 11 heteroatoms. The molecule has 190 valence electrons. The number of benzene rings is 3. The molecule has 1 N–H and O–H groups in total. The zero-order chi connectivity index (χ0) is 26.2. The van der Waals surface area contributed by atoms with Gasteiger partial charge in [0.25, 0.3) is 5.91 Å². The molecule has 0 aliphatic carbocycles. The third kappa shape index (κ3) is 6.12. The summed E-state index contributed by atoms with van der Waals surface area (Å²) in [4.78, 5) is 12.6. The number of halogens is 1. The lowest BCUT2D eigenvalue weighted by Crippen LogP contribution is -2.20. The topological polar surface area (TPSA) is 99.9 Å². The fourth-order valence-electron chi connectivity index (χ4n) is 3.52. The van der Waals surface area contributed by atoms with Crippen LogP contribution < -0.4 is 19.6 Å². The lowest BCUT2D eigenvalue weighted by Gasteiger charge is -2.13. The van der Waals surface area contributed by atoms with Crippen molar-refractivity contribution in [2.24, 2.45) is 5.10 Å². The van der Waals surface area contributed by atoms with Gasteiger partial charge >= 0.3 is 0 Å². The number of thioether (sulfide) groups is 1. The van der Waals surface area contributed by atoms with Crippen LogP contribution >= 0.6 is 27.7 Å². The fourth-order valence-corrected chi connectivity index (χ4v) is 4.53. The van der Waals surface area contributed by atoms with Crippen LogP contribution in [0, 0.1) is 0 Å². The highest BCUT2D eigenvalue weighted by molar-refractivity contribution is 9.10. The number of aromatic nitrogens is 3. The van der Waals surface area contributed by atoms with Gasteiger partial charge in [-0.2, -0.15) is 5.10 Å². The molecule has 1 amide bonds. The van der Waals surface area contributed by atoms with Gasteiger partial charge in [0.05, 0.1) is 33.3 Å². The van der Waals surface area contributed by atoms with Crippen molar-refractivity contribution in [3.8, 4) is 34.3 Å². The van der Waals surface area contributed by atoms with Gasteiger partial charge in [0.1, 0.15) is 0 Å². The van der Waals surface area contributed by atoms with Crippen LogP contribution in [-0.4, -0.2) is 54.0 Å². The summed E-state index contributed by atoms with van der Waals surface area (Å²) in [7, 11) is 4.59. The number of carbonyl (C=O) groups excluding carboxylic acids is 1. The summed E-state index contributed by atoms with van der Waals surface area (Å²) in [5.41, 5.74) is 4.97. The van der Waals surface area contributed by atoms with E-state index in [4.69, 9.17) is 14.2 Å².